The molecule has 7 heteroatoms. The van der Waals surface area contributed by atoms with E-state index in [9.17, 15) is 4.79 Å². The van der Waals surface area contributed by atoms with Gasteiger partial charge in [-0.2, -0.15) is 0 Å². The molecule has 3 rings (SSSR count). The summed E-state index contributed by atoms with van der Waals surface area (Å²) in [4.78, 5) is 18.5. The van der Waals surface area contributed by atoms with Crippen molar-refractivity contribution in [2.24, 2.45) is 0 Å². The summed E-state index contributed by atoms with van der Waals surface area (Å²) in [5.74, 6) is 1.27. The van der Waals surface area contributed by atoms with E-state index in [-0.39, 0.29) is 18.6 Å². The van der Waals surface area contributed by atoms with Crippen molar-refractivity contribution in [1.82, 2.24) is 9.88 Å². The van der Waals surface area contributed by atoms with Crippen molar-refractivity contribution in [1.29, 1.82) is 0 Å². The average Bonchev–Trinajstić information content (AvgIpc) is 3.23. The van der Waals surface area contributed by atoms with E-state index in [1.807, 2.05) is 23.1 Å². The first kappa shape index (κ1) is 17.1. The van der Waals surface area contributed by atoms with Crippen molar-refractivity contribution < 1.29 is 13.9 Å². The Morgan fingerprint density at radius 1 is 1.42 bits per heavy atom. The van der Waals surface area contributed by atoms with Gasteiger partial charge in [0.25, 0.3) is 0 Å². The second-order valence-electron chi connectivity index (χ2n) is 5.79. The highest BCUT2D eigenvalue weighted by molar-refractivity contribution is 9.10. The van der Waals surface area contributed by atoms with E-state index in [0.717, 1.165) is 29.7 Å². The smallest absolute Gasteiger partial charge is 0.239 e. The zero-order valence-electron chi connectivity index (χ0n) is 13.3. The Morgan fingerprint density at radius 3 is 3.00 bits per heavy atom. The van der Waals surface area contributed by atoms with Crippen LogP contribution in [0.25, 0.3) is 0 Å². The molecule has 1 N–H and O–H groups in total. The van der Waals surface area contributed by atoms with Gasteiger partial charge < -0.3 is 14.5 Å². The van der Waals surface area contributed by atoms with E-state index in [2.05, 4.69) is 26.2 Å². The molecule has 3 heterocycles. The number of hydrogen-bond donors (Lipinski definition) is 1. The number of anilines is 1. The molecule has 0 aliphatic carbocycles. The van der Waals surface area contributed by atoms with Crippen LogP contribution in [0.15, 0.2) is 45.6 Å². The number of rotatable bonds is 7. The van der Waals surface area contributed by atoms with Crippen LogP contribution >= 0.6 is 15.9 Å². The molecule has 1 aliphatic rings. The van der Waals surface area contributed by atoms with E-state index >= 15 is 0 Å². The minimum Gasteiger partial charge on any atom is -0.468 e. The van der Waals surface area contributed by atoms with Crippen molar-refractivity contribution in [2.75, 3.05) is 25.0 Å². The molecule has 1 unspecified atom stereocenters. The summed E-state index contributed by atoms with van der Waals surface area (Å²) >= 11 is 3.33. The number of furan rings is 1. The number of carbonyl (C=O) groups excluding carboxylic acids is 1. The number of carbonyl (C=O) groups is 1. The highest BCUT2D eigenvalue weighted by atomic mass is 79.9. The first-order valence-corrected chi connectivity index (χ1v) is 8.76. The predicted octanol–water partition coefficient (Wildman–Crippen LogP) is 3.06. The maximum Gasteiger partial charge on any atom is 0.239 e. The molecule has 0 bridgehead atoms. The predicted molar refractivity (Wildman–Crippen MR) is 93.5 cm³/mol. The van der Waals surface area contributed by atoms with E-state index in [1.54, 1.807) is 18.5 Å². The minimum atomic E-state index is -0.102. The van der Waals surface area contributed by atoms with Gasteiger partial charge in [-0.1, -0.05) is 0 Å². The lowest BCUT2D eigenvalue weighted by molar-refractivity contribution is -0.117. The van der Waals surface area contributed by atoms with E-state index in [0.29, 0.717) is 18.9 Å². The maximum absolute atomic E-state index is 12.3. The van der Waals surface area contributed by atoms with Crippen molar-refractivity contribution in [3.8, 4) is 0 Å². The van der Waals surface area contributed by atoms with Gasteiger partial charge in [-0.3, -0.25) is 9.69 Å². The molecule has 6 nitrogen and oxygen atoms in total. The lowest BCUT2D eigenvalue weighted by atomic mass is 10.2. The lowest BCUT2D eigenvalue weighted by Crippen LogP contribution is -2.37. The summed E-state index contributed by atoms with van der Waals surface area (Å²) in [5, 5.41) is 2.82. The monoisotopic (exact) mass is 393 g/mol. The molecule has 1 atom stereocenters. The Morgan fingerprint density at radius 2 is 2.33 bits per heavy atom. The Labute approximate surface area is 149 Å². The quantitative estimate of drug-likeness (QED) is 0.782. The maximum atomic E-state index is 12.3. The van der Waals surface area contributed by atoms with Crippen LogP contribution in [0.5, 0.6) is 0 Å². The third-order valence-electron chi connectivity index (χ3n) is 3.81. The number of nitrogens with one attached hydrogen (secondary N) is 1. The van der Waals surface area contributed by atoms with E-state index in [4.69, 9.17) is 9.15 Å². The van der Waals surface area contributed by atoms with Crippen LogP contribution in [0.1, 0.15) is 18.6 Å². The molecule has 1 aliphatic heterocycles. The molecular formula is C17H20BrN3O3. The van der Waals surface area contributed by atoms with Crippen LogP contribution in [-0.4, -0.2) is 41.6 Å². The van der Waals surface area contributed by atoms with Crippen molar-refractivity contribution >= 4 is 27.7 Å². The number of halogens is 1. The van der Waals surface area contributed by atoms with Gasteiger partial charge in [-0.05, 0) is 53.0 Å². The minimum absolute atomic E-state index is 0.102. The number of nitrogens with zero attached hydrogens (tertiary/aromatic N) is 2. The van der Waals surface area contributed by atoms with Crippen LogP contribution in [0.3, 0.4) is 0 Å². The fourth-order valence-corrected chi connectivity index (χ4v) is 2.95. The van der Waals surface area contributed by atoms with Gasteiger partial charge in [0.15, 0.2) is 0 Å². The van der Waals surface area contributed by atoms with Crippen LogP contribution < -0.4 is 5.32 Å². The second-order valence-corrected chi connectivity index (χ2v) is 6.71. The normalized spacial score (nSPS) is 17.3. The fraction of sp³-hybridized carbons (Fsp3) is 0.412. The highest BCUT2D eigenvalue weighted by Crippen LogP contribution is 2.16. The topological polar surface area (TPSA) is 67.6 Å². The lowest BCUT2D eigenvalue weighted by Gasteiger charge is -2.23. The highest BCUT2D eigenvalue weighted by Gasteiger charge is 2.21. The molecule has 24 heavy (non-hydrogen) atoms. The first-order valence-electron chi connectivity index (χ1n) is 7.97. The third-order valence-corrected chi connectivity index (χ3v) is 4.28. The Hall–Kier alpha value is -1.70. The molecule has 2 aromatic heterocycles. The molecule has 1 saturated heterocycles. The summed E-state index contributed by atoms with van der Waals surface area (Å²) in [7, 11) is 0. The molecule has 0 aromatic carbocycles. The van der Waals surface area contributed by atoms with Gasteiger partial charge in [-0.25, -0.2) is 4.98 Å². The van der Waals surface area contributed by atoms with Gasteiger partial charge in [-0.15, -0.1) is 0 Å². The molecule has 1 amide bonds. The summed E-state index contributed by atoms with van der Waals surface area (Å²) in [5.41, 5.74) is 0. The number of hydrogen-bond acceptors (Lipinski definition) is 5. The van der Waals surface area contributed by atoms with Crippen LogP contribution in [-0.2, 0) is 16.1 Å². The van der Waals surface area contributed by atoms with Crippen LogP contribution in [0, 0.1) is 0 Å². The summed E-state index contributed by atoms with van der Waals surface area (Å²) < 4.78 is 12.0. The van der Waals surface area contributed by atoms with Crippen LogP contribution in [0.4, 0.5) is 5.82 Å². The summed E-state index contributed by atoms with van der Waals surface area (Å²) in [6.07, 6.45) is 5.59. The molecule has 128 valence electrons. The van der Waals surface area contributed by atoms with Crippen molar-refractivity contribution in [3.63, 3.8) is 0 Å². The zero-order valence-corrected chi connectivity index (χ0v) is 14.9. The summed E-state index contributed by atoms with van der Waals surface area (Å²) in [6.45, 7) is 2.35. The van der Waals surface area contributed by atoms with Crippen molar-refractivity contribution in [3.05, 3.63) is 47.0 Å². The second kappa shape index (κ2) is 8.41. The van der Waals surface area contributed by atoms with E-state index < -0.39 is 0 Å². The molecule has 0 saturated carbocycles. The molecule has 1 fully saturated rings. The van der Waals surface area contributed by atoms with Crippen molar-refractivity contribution in [2.45, 2.75) is 25.5 Å². The molecule has 0 spiro atoms. The number of pyridine rings is 1. The third kappa shape index (κ3) is 5.15. The van der Waals surface area contributed by atoms with Gasteiger partial charge in [0.05, 0.1) is 25.5 Å². The number of aromatic nitrogens is 1. The van der Waals surface area contributed by atoms with Gasteiger partial charge in [0.2, 0.25) is 5.91 Å². The summed E-state index contributed by atoms with van der Waals surface area (Å²) in [6, 6.07) is 7.37. The average molecular weight is 394 g/mol. The van der Waals surface area contributed by atoms with Gasteiger partial charge in [0, 0.05) is 23.8 Å². The Bertz CT molecular complexity index is 640. The number of amides is 1. The standard InChI is InChI=1S/C17H20BrN3O3/c18-13-5-6-16(19-9-13)20-17(22)12-21(10-14-3-1-7-23-14)11-15-4-2-8-24-15/h1,3,5-7,9,15H,2,4,8,10-12H2,(H,19,20,22). The van der Waals surface area contributed by atoms with E-state index in [1.165, 1.54) is 0 Å². The first-order chi connectivity index (χ1) is 11.7. The Kier molecular flexibility index (Phi) is 6.01. The SMILES string of the molecule is O=C(CN(Cc1ccco1)CC1CCCO1)Nc1ccc(Br)cn1. The largest absolute Gasteiger partial charge is 0.468 e. The molecule has 2 aromatic rings. The fourth-order valence-electron chi connectivity index (χ4n) is 2.72. The van der Waals surface area contributed by atoms with Crippen LogP contribution in [0.2, 0.25) is 0 Å². The Balaban J connectivity index is 1.58. The molecular weight excluding hydrogens is 374 g/mol. The zero-order chi connectivity index (χ0) is 16.8. The number of ether oxygens (including phenoxy) is 1. The van der Waals surface area contributed by atoms with Gasteiger partial charge in [0.1, 0.15) is 11.6 Å². The molecule has 0 radical (unpaired) electrons. The van der Waals surface area contributed by atoms with Gasteiger partial charge >= 0.3 is 0 Å².